The number of oxime groups is 3. The molecule has 0 aromatic heterocycles. The molecular formula is C35H33BrCl2F5N3O4. The third kappa shape index (κ3) is 15.1. The molecule has 0 spiro atoms. The molecule has 50 heavy (non-hydrogen) atoms. The van der Waals surface area contributed by atoms with Crippen LogP contribution in [0.2, 0.25) is 10.0 Å². The van der Waals surface area contributed by atoms with E-state index >= 15 is 0 Å². The summed E-state index contributed by atoms with van der Waals surface area (Å²) in [4.78, 5) is 24.4. The first-order valence-corrected chi connectivity index (χ1v) is 15.7. The van der Waals surface area contributed by atoms with Gasteiger partial charge in [0.1, 0.15) is 50.4 Å². The Kier molecular flexibility index (Phi) is 19.6. The van der Waals surface area contributed by atoms with Crippen molar-refractivity contribution in [2.24, 2.45) is 15.5 Å². The first-order chi connectivity index (χ1) is 23.6. The second-order valence-electron chi connectivity index (χ2n) is 9.64. The summed E-state index contributed by atoms with van der Waals surface area (Å²) >= 11 is 14.2. The average Bonchev–Trinajstić information content (AvgIpc) is 3.06. The minimum atomic E-state index is -0.514. The van der Waals surface area contributed by atoms with E-state index in [0.29, 0.717) is 32.7 Å². The number of hydrogen-bond donors (Lipinski definition) is 0. The molecule has 0 aliphatic carbocycles. The standard InChI is InChI=1S/2C9H9ClFNO.C9H9F2NO.C8H6BrFO/c1-6(12-13-2)7-3-4-9(11)8(10)5-7;1-6(12-13-2)7-3-4-8(10)9(11)5-7;1-6(12-13-2)8-5-7(10)3-4-9(8)11;1-5(11)7-3-2-6(10)4-8(7)9/h3*3-5H,1-2H3;2-4H,1H3. The number of ketones is 1. The number of rotatable bonds is 7. The molecule has 268 valence electrons. The molecule has 0 heterocycles. The van der Waals surface area contributed by atoms with Crippen molar-refractivity contribution in [2.45, 2.75) is 27.7 Å². The Hall–Kier alpha value is -4.33. The number of Topliss-reactive ketones (excluding diaryl/α,β-unsaturated/α-hetero) is 1. The summed E-state index contributed by atoms with van der Waals surface area (Å²) in [6.45, 7) is 6.47. The van der Waals surface area contributed by atoms with Crippen LogP contribution in [0.25, 0.3) is 0 Å². The Bertz CT molecular complexity index is 1780. The van der Waals surface area contributed by atoms with Crippen molar-refractivity contribution >= 4 is 62.1 Å². The second kappa shape index (κ2) is 22.4. The number of benzene rings is 4. The Balaban J connectivity index is 0.000000334. The first kappa shape index (κ1) is 43.7. The van der Waals surface area contributed by atoms with Gasteiger partial charge in [-0.25, -0.2) is 22.0 Å². The highest BCUT2D eigenvalue weighted by Gasteiger charge is 2.08. The van der Waals surface area contributed by atoms with Gasteiger partial charge in [-0.15, -0.1) is 0 Å². The van der Waals surface area contributed by atoms with E-state index in [1.165, 1.54) is 70.7 Å². The molecule has 15 heteroatoms. The van der Waals surface area contributed by atoms with Crippen molar-refractivity contribution in [3.8, 4) is 0 Å². The quantitative estimate of drug-likeness (QED) is 0.0806. The summed E-state index contributed by atoms with van der Waals surface area (Å²) < 4.78 is 64.4. The average molecular weight is 805 g/mol. The normalized spacial score (nSPS) is 11.1. The van der Waals surface area contributed by atoms with Gasteiger partial charge >= 0.3 is 0 Å². The maximum absolute atomic E-state index is 13.0. The molecule has 0 N–H and O–H groups in total. The van der Waals surface area contributed by atoms with Crippen LogP contribution in [0.3, 0.4) is 0 Å². The van der Waals surface area contributed by atoms with E-state index in [1.807, 2.05) is 0 Å². The fraction of sp³-hybridized carbons (Fsp3) is 0.200. The van der Waals surface area contributed by atoms with Crippen LogP contribution in [-0.2, 0) is 14.5 Å². The molecule has 4 rings (SSSR count). The minimum Gasteiger partial charge on any atom is -0.399 e. The zero-order valence-corrected chi connectivity index (χ0v) is 31.0. The van der Waals surface area contributed by atoms with Gasteiger partial charge in [0.25, 0.3) is 0 Å². The number of halogens is 8. The van der Waals surface area contributed by atoms with E-state index < -0.39 is 23.3 Å². The highest BCUT2D eigenvalue weighted by molar-refractivity contribution is 9.10. The highest BCUT2D eigenvalue weighted by atomic mass is 79.9. The SMILES string of the molecule is CC(=O)c1ccc(F)cc1Br.CON=C(C)c1cc(F)ccc1F.CON=C(C)c1ccc(Cl)c(F)c1.CON=C(C)c1ccc(F)c(Cl)c1. The van der Waals surface area contributed by atoms with Crippen molar-refractivity contribution in [1.82, 2.24) is 0 Å². The molecule has 0 amide bonds. The summed E-state index contributed by atoms with van der Waals surface area (Å²) in [5, 5.41) is 11.1. The smallest absolute Gasteiger partial charge is 0.160 e. The zero-order chi connectivity index (χ0) is 38.0. The van der Waals surface area contributed by atoms with E-state index in [-0.39, 0.29) is 27.2 Å². The lowest BCUT2D eigenvalue weighted by Gasteiger charge is -2.01. The molecule has 0 fully saturated rings. The van der Waals surface area contributed by atoms with Crippen LogP contribution in [0.1, 0.15) is 54.7 Å². The molecule has 0 unspecified atom stereocenters. The molecule has 0 aliphatic heterocycles. The first-order valence-electron chi connectivity index (χ1n) is 14.1. The van der Waals surface area contributed by atoms with Crippen molar-refractivity contribution < 1.29 is 41.3 Å². The molecule has 7 nitrogen and oxygen atoms in total. The summed E-state index contributed by atoms with van der Waals surface area (Å²) in [7, 11) is 4.24. The molecule has 0 saturated carbocycles. The van der Waals surface area contributed by atoms with Gasteiger partial charge < -0.3 is 14.5 Å². The van der Waals surface area contributed by atoms with Gasteiger partial charge in [0.15, 0.2) is 5.78 Å². The van der Waals surface area contributed by atoms with Crippen LogP contribution in [0, 0.1) is 29.1 Å². The van der Waals surface area contributed by atoms with Crippen molar-refractivity contribution in [2.75, 3.05) is 21.3 Å². The minimum absolute atomic E-state index is 0.0723. The molecule has 0 bridgehead atoms. The molecule has 4 aromatic carbocycles. The van der Waals surface area contributed by atoms with Crippen molar-refractivity contribution in [3.63, 3.8) is 0 Å². The Morgan fingerprint density at radius 2 is 1.04 bits per heavy atom. The van der Waals surface area contributed by atoms with E-state index in [9.17, 15) is 26.7 Å². The number of nitrogens with zero attached hydrogens (tertiary/aromatic N) is 3. The van der Waals surface area contributed by atoms with Gasteiger partial charge in [-0.05, 0) is 104 Å². The van der Waals surface area contributed by atoms with Crippen LogP contribution in [0.4, 0.5) is 22.0 Å². The molecule has 0 atom stereocenters. The Morgan fingerprint density at radius 3 is 1.54 bits per heavy atom. The topological polar surface area (TPSA) is 81.8 Å². The predicted molar refractivity (Wildman–Crippen MR) is 191 cm³/mol. The maximum Gasteiger partial charge on any atom is 0.160 e. The lowest BCUT2D eigenvalue weighted by atomic mass is 10.1. The summed E-state index contributed by atoms with van der Waals surface area (Å²) in [6.07, 6.45) is 0. The summed E-state index contributed by atoms with van der Waals surface area (Å²) in [5.74, 6) is -2.32. The second-order valence-corrected chi connectivity index (χ2v) is 11.3. The molecular weight excluding hydrogens is 772 g/mol. The molecule has 0 radical (unpaired) electrons. The highest BCUT2D eigenvalue weighted by Crippen LogP contribution is 2.19. The van der Waals surface area contributed by atoms with Gasteiger partial charge in [0.05, 0.1) is 27.2 Å². The number of carbonyl (C=O) groups is 1. The molecule has 0 saturated heterocycles. The fourth-order valence-corrected chi connectivity index (χ4v) is 4.49. The van der Waals surface area contributed by atoms with E-state index in [0.717, 1.165) is 23.8 Å². The number of hydrogen-bond acceptors (Lipinski definition) is 7. The zero-order valence-electron chi connectivity index (χ0n) is 27.9. The van der Waals surface area contributed by atoms with E-state index in [2.05, 4.69) is 45.9 Å². The number of carbonyl (C=O) groups excluding carboxylic acids is 1. The van der Waals surface area contributed by atoms with Crippen LogP contribution in [-0.4, -0.2) is 44.2 Å². The largest absolute Gasteiger partial charge is 0.399 e. The predicted octanol–water partition coefficient (Wildman–Crippen LogP) is 10.8. The van der Waals surface area contributed by atoms with E-state index in [1.54, 1.807) is 32.9 Å². The van der Waals surface area contributed by atoms with Crippen LogP contribution < -0.4 is 0 Å². The third-order valence-corrected chi connectivity index (χ3v) is 7.24. The lowest BCUT2D eigenvalue weighted by Crippen LogP contribution is -2.00. The van der Waals surface area contributed by atoms with Crippen molar-refractivity contribution in [3.05, 3.63) is 139 Å². The fourth-order valence-electron chi connectivity index (χ4n) is 3.56. The Labute approximate surface area is 305 Å². The van der Waals surface area contributed by atoms with Crippen LogP contribution >= 0.6 is 39.1 Å². The van der Waals surface area contributed by atoms with Gasteiger partial charge in [-0.1, -0.05) is 50.8 Å². The molecule has 0 aliphatic rings. The van der Waals surface area contributed by atoms with E-state index in [4.69, 9.17) is 23.2 Å². The van der Waals surface area contributed by atoms with Crippen LogP contribution in [0.15, 0.2) is 92.7 Å². The van der Waals surface area contributed by atoms with Crippen molar-refractivity contribution in [1.29, 1.82) is 0 Å². The van der Waals surface area contributed by atoms with Gasteiger partial charge in [0.2, 0.25) is 0 Å². The summed E-state index contributed by atoms with van der Waals surface area (Å²) in [5.41, 5.74) is 3.59. The monoisotopic (exact) mass is 803 g/mol. The lowest BCUT2D eigenvalue weighted by molar-refractivity contribution is 0.101. The summed E-state index contributed by atoms with van der Waals surface area (Å²) in [6, 6.07) is 16.1. The molecule has 4 aromatic rings. The van der Waals surface area contributed by atoms with Gasteiger partial charge in [-0.2, -0.15) is 0 Å². The van der Waals surface area contributed by atoms with Crippen LogP contribution in [0.5, 0.6) is 0 Å². The van der Waals surface area contributed by atoms with Gasteiger partial charge in [0, 0.05) is 26.7 Å². The van der Waals surface area contributed by atoms with Gasteiger partial charge in [-0.3, -0.25) is 4.79 Å². The third-order valence-electron chi connectivity index (χ3n) is 5.99. The Morgan fingerprint density at radius 1 is 0.560 bits per heavy atom. The maximum atomic E-state index is 13.0.